The molecule has 1 fully saturated rings. The summed E-state index contributed by atoms with van der Waals surface area (Å²) in [6.07, 6.45) is 61.1. The molecule has 7 atom stereocenters. The van der Waals surface area contributed by atoms with Crippen molar-refractivity contribution in [1.82, 2.24) is 5.32 Å². The van der Waals surface area contributed by atoms with E-state index in [9.17, 15) is 30.3 Å². The molecule has 9 nitrogen and oxygen atoms in total. The number of allylic oxidation sites excluding steroid dienone is 5. The molecule has 1 saturated heterocycles. The first kappa shape index (κ1) is 67.4. The second-order valence-corrected chi connectivity index (χ2v) is 21.5. The van der Waals surface area contributed by atoms with E-state index in [1.807, 2.05) is 6.08 Å². The van der Waals surface area contributed by atoms with Crippen LogP contribution in [-0.4, -0.2) is 87.5 Å². The Morgan fingerprint density at radius 2 is 0.803 bits per heavy atom. The summed E-state index contributed by atoms with van der Waals surface area (Å²) in [6, 6.07) is -0.825. The van der Waals surface area contributed by atoms with Gasteiger partial charge in [0, 0.05) is 6.42 Å². The van der Waals surface area contributed by atoms with Gasteiger partial charge in [-0.15, -0.1) is 0 Å². The van der Waals surface area contributed by atoms with Crippen LogP contribution in [0.4, 0.5) is 0 Å². The van der Waals surface area contributed by atoms with Crippen LogP contribution < -0.4 is 5.32 Å². The number of hydrogen-bond donors (Lipinski definition) is 6. The quantitative estimate of drug-likeness (QED) is 0.0261. The molecule has 1 aliphatic heterocycles. The highest BCUT2D eigenvalue weighted by Gasteiger charge is 2.44. The molecule has 0 radical (unpaired) electrons. The lowest BCUT2D eigenvalue weighted by Crippen LogP contribution is -2.60. The highest BCUT2D eigenvalue weighted by molar-refractivity contribution is 5.76. The summed E-state index contributed by atoms with van der Waals surface area (Å²) in [5.74, 6) is -0.186. The molecule has 0 spiro atoms. The van der Waals surface area contributed by atoms with Gasteiger partial charge in [0.05, 0.1) is 25.4 Å². The third-order valence-corrected chi connectivity index (χ3v) is 14.7. The Labute approximate surface area is 438 Å². The fourth-order valence-corrected chi connectivity index (χ4v) is 9.84. The van der Waals surface area contributed by atoms with Gasteiger partial charge in [-0.3, -0.25) is 4.79 Å². The Kier molecular flexibility index (Phi) is 49.3. The van der Waals surface area contributed by atoms with E-state index in [-0.39, 0.29) is 12.5 Å². The second-order valence-electron chi connectivity index (χ2n) is 21.5. The van der Waals surface area contributed by atoms with Gasteiger partial charge in [0.25, 0.3) is 0 Å². The van der Waals surface area contributed by atoms with E-state index in [4.69, 9.17) is 9.47 Å². The number of rotatable bonds is 53. The zero-order valence-corrected chi connectivity index (χ0v) is 46.5. The van der Waals surface area contributed by atoms with E-state index in [1.54, 1.807) is 6.08 Å². The Balaban J connectivity index is 2.09. The van der Waals surface area contributed by atoms with Crippen LogP contribution in [0.5, 0.6) is 0 Å². The highest BCUT2D eigenvalue weighted by atomic mass is 16.7. The maximum Gasteiger partial charge on any atom is 0.220 e. The van der Waals surface area contributed by atoms with Crippen LogP contribution in [0, 0.1) is 0 Å². The molecule has 0 aromatic carbocycles. The minimum absolute atomic E-state index is 0.186. The van der Waals surface area contributed by atoms with Crippen LogP contribution in [0.2, 0.25) is 0 Å². The fourth-order valence-electron chi connectivity index (χ4n) is 9.84. The van der Waals surface area contributed by atoms with Crippen molar-refractivity contribution in [3.8, 4) is 0 Å². The average Bonchev–Trinajstić information content (AvgIpc) is 3.37. The smallest absolute Gasteiger partial charge is 0.220 e. The van der Waals surface area contributed by atoms with Gasteiger partial charge >= 0.3 is 0 Å². The van der Waals surface area contributed by atoms with Crippen molar-refractivity contribution in [2.24, 2.45) is 0 Å². The first-order valence-corrected chi connectivity index (χ1v) is 30.7. The lowest BCUT2D eigenvalue weighted by Gasteiger charge is -2.40. The molecule has 1 rings (SSSR count). The number of aliphatic hydroxyl groups excluding tert-OH is 5. The maximum atomic E-state index is 13.0. The molecule has 0 aromatic heterocycles. The first-order chi connectivity index (χ1) is 34.8. The van der Waals surface area contributed by atoms with Crippen molar-refractivity contribution in [3.63, 3.8) is 0 Å². The zero-order chi connectivity index (χ0) is 51.5. The molecule has 71 heavy (non-hydrogen) atoms. The van der Waals surface area contributed by atoms with Gasteiger partial charge in [-0.05, 0) is 44.9 Å². The second kappa shape index (κ2) is 51.9. The molecule has 1 amide bonds. The molecule has 418 valence electrons. The molecule has 0 aromatic rings. The van der Waals surface area contributed by atoms with Gasteiger partial charge in [0.2, 0.25) is 5.91 Å². The lowest BCUT2D eigenvalue weighted by molar-refractivity contribution is -0.302. The predicted octanol–water partition coefficient (Wildman–Crippen LogP) is 15.5. The Hall–Kier alpha value is -1.59. The summed E-state index contributed by atoms with van der Waals surface area (Å²) >= 11 is 0. The summed E-state index contributed by atoms with van der Waals surface area (Å²) in [7, 11) is 0. The van der Waals surface area contributed by atoms with E-state index in [1.165, 1.54) is 225 Å². The molecule has 7 unspecified atom stereocenters. The first-order valence-electron chi connectivity index (χ1n) is 30.7. The molecular formula is C62H117NO8. The van der Waals surface area contributed by atoms with Crippen molar-refractivity contribution < 1.29 is 39.8 Å². The predicted molar refractivity (Wildman–Crippen MR) is 300 cm³/mol. The minimum Gasteiger partial charge on any atom is -0.394 e. The third-order valence-electron chi connectivity index (χ3n) is 14.7. The van der Waals surface area contributed by atoms with Gasteiger partial charge in [0.1, 0.15) is 24.4 Å². The number of carbonyl (C=O) groups is 1. The largest absolute Gasteiger partial charge is 0.394 e. The van der Waals surface area contributed by atoms with E-state index in [0.29, 0.717) is 6.42 Å². The Bertz CT molecular complexity index is 1210. The third kappa shape index (κ3) is 41.4. The van der Waals surface area contributed by atoms with Crippen LogP contribution >= 0.6 is 0 Å². The summed E-state index contributed by atoms with van der Waals surface area (Å²) in [5.41, 5.74) is 0. The fraction of sp³-hybridized carbons (Fsp3) is 0.887. The standard InChI is InChI=1S/C62H117NO8/c1-3-5-7-9-11-13-15-17-19-20-21-22-23-24-25-26-27-28-29-30-31-32-33-34-35-36-37-38-40-42-44-46-48-50-52-58(66)63-55(54-70-62-61(69)60(68)59(67)57(53-64)71-62)56(65)51-49-47-45-43-41-39-18-16-14-12-10-8-6-4-2/h14,16,41,43,49,51,55-57,59-62,64-65,67-69H,3-13,15,17-40,42,44-48,50,52-54H2,1-2H3,(H,63,66)/b16-14+,43-41+,51-49+. The number of unbranched alkanes of at least 4 members (excludes halogenated alkanes) is 39. The number of amides is 1. The van der Waals surface area contributed by atoms with Gasteiger partial charge in [-0.1, -0.05) is 281 Å². The molecule has 0 saturated carbocycles. The van der Waals surface area contributed by atoms with Crippen molar-refractivity contribution >= 4 is 5.91 Å². The Morgan fingerprint density at radius 1 is 0.465 bits per heavy atom. The number of aliphatic hydroxyl groups is 5. The summed E-state index contributed by atoms with van der Waals surface area (Å²) in [4.78, 5) is 13.0. The van der Waals surface area contributed by atoms with Gasteiger partial charge in [-0.25, -0.2) is 0 Å². The number of carbonyl (C=O) groups excluding carboxylic acids is 1. The average molecular weight is 1000 g/mol. The van der Waals surface area contributed by atoms with Crippen LogP contribution in [0.3, 0.4) is 0 Å². The van der Waals surface area contributed by atoms with Crippen molar-refractivity contribution in [2.45, 2.75) is 339 Å². The molecule has 9 heteroatoms. The number of nitrogens with one attached hydrogen (secondary N) is 1. The maximum absolute atomic E-state index is 13.0. The summed E-state index contributed by atoms with van der Waals surface area (Å²) in [6.45, 7) is 3.76. The molecule has 1 aliphatic rings. The van der Waals surface area contributed by atoms with Gasteiger partial charge in [-0.2, -0.15) is 0 Å². The van der Waals surface area contributed by atoms with Gasteiger partial charge < -0.3 is 40.3 Å². The van der Waals surface area contributed by atoms with Crippen LogP contribution in [-0.2, 0) is 14.3 Å². The topological polar surface area (TPSA) is 149 Å². The van der Waals surface area contributed by atoms with Crippen LogP contribution in [0.15, 0.2) is 36.5 Å². The molecule has 0 bridgehead atoms. The Morgan fingerprint density at radius 3 is 1.18 bits per heavy atom. The van der Waals surface area contributed by atoms with E-state index >= 15 is 0 Å². The summed E-state index contributed by atoms with van der Waals surface area (Å²) in [5, 5.41) is 54.4. The van der Waals surface area contributed by atoms with E-state index < -0.39 is 49.5 Å². The molecule has 0 aliphatic carbocycles. The van der Waals surface area contributed by atoms with Crippen molar-refractivity contribution in [3.05, 3.63) is 36.5 Å². The molecule has 1 heterocycles. The normalized spacial score (nSPS) is 19.5. The minimum atomic E-state index is -1.57. The zero-order valence-electron chi connectivity index (χ0n) is 46.5. The van der Waals surface area contributed by atoms with E-state index in [2.05, 4.69) is 43.5 Å². The van der Waals surface area contributed by atoms with Crippen molar-refractivity contribution in [1.29, 1.82) is 0 Å². The SMILES string of the molecule is CCCCCC/C=C/CC/C=C/CC/C=C/C(O)C(COC1OC(CO)C(O)C(O)C1O)NC(=O)CCCCCCCCCCCCCCCCCCCCCCCCCCCCCCCCCCCC. The number of hydrogen-bond acceptors (Lipinski definition) is 8. The highest BCUT2D eigenvalue weighted by Crippen LogP contribution is 2.23. The number of ether oxygens (including phenoxy) is 2. The van der Waals surface area contributed by atoms with E-state index in [0.717, 1.165) is 51.4 Å². The lowest BCUT2D eigenvalue weighted by atomic mass is 9.99. The molecular weight excluding hydrogens is 887 g/mol. The van der Waals surface area contributed by atoms with Crippen LogP contribution in [0.1, 0.15) is 296 Å². The van der Waals surface area contributed by atoms with Crippen molar-refractivity contribution in [2.75, 3.05) is 13.2 Å². The summed E-state index contributed by atoms with van der Waals surface area (Å²) < 4.78 is 11.2. The van der Waals surface area contributed by atoms with Gasteiger partial charge in [0.15, 0.2) is 6.29 Å². The monoisotopic (exact) mass is 1000 g/mol. The van der Waals surface area contributed by atoms with Crippen LogP contribution in [0.25, 0.3) is 0 Å². The molecule has 6 N–H and O–H groups in total.